The van der Waals surface area contributed by atoms with Crippen LogP contribution in [0.3, 0.4) is 0 Å². The summed E-state index contributed by atoms with van der Waals surface area (Å²) in [6, 6.07) is 9.43. The lowest BCUT2D eigenvalue weighted by Gasteiger charge is -2.09. The first-order valence-electron chi connectivity index (χ1n) is 5.18. The van der Waals surface area contributed by atoms with Crippen molar-refractivity contribution >= 4 is 33.3 Å². The van der Waals surface area contributed by atoms with E-state index in [1.165, 1.54) is 0 Å². The van der Waals surface area contributed by atoms with Gasteiger partial charge in [-0.05, 0) is 29.8 Å². The molecule has 0 saturated heterocycles. The molecule has 0 aliphatic carbocycles. The molecule has 0 bridgehead atoms. The molecule has 4 heteroatoms. The molecule has 0 unspecified atom stereocenters. The maximum atomic E-state index is 11.4. The molecule has 88 valence electrons. The zero-order valence-electron chi connectivity index (χ0n) is 9.28. The molecular weight excluding hydrogens is 302 g/mol. The molecule has 1 heterocycles. The van der Waals surface area contributed by atoms with Crippen molar-refractivity contribution in [3.63, 3.8) is 0 Å². The van der Waals surface area contributed by atoms with Gasteiger partial charge < -0.3 is 4.57 Å². The van der Waals surface area contributed by atoms with Gasteiger partial charge in [-0.2, -0.15) is 0 Å². The molecule has 17 heavy (non-hydrogen) atoms. The summed E-state index contributed by atoms with van der Waals surface area (Å²) in [5.74, 6) is 0.0586. The minimum atomic E-state index is 0.0586. The highest BCUT2D eigenvalue weighted by molar-refractivity contribution is 9.10. The van der Waals surface area contributed by atoms with Gasteiger partial charge in [0.25, 0.3) is 0 Å². The number of halogens is 2. The molecule has 2 aromatic rings. The molecule has 0 spiro atoms. The van der Waals surface area contributed by atoms with E-state index >= 15 is 0 Å². The van der Waals surface area contributed by atoms with E-state index in [9.17, 15) is 4.79 Å². The molecular formula is C13H11BrClNO. The molecule has 0 N–H and O–H groups in total. The molecule has 2 rings (SSSR count). The predicted octanol–water partition coefficient (Wildman–Crippen LogP) is 4.15. The second-order valence-electron chi connectivity index (χ2n) is 3.81. The van der Waals surface area contributed by atoms with Gasteiger partial charge in [-0.1, -0.05) is 33.6 Å². The van der Waals surface area contributed by atoms with E-state index in [-0.39, 0.29) is 5.78 Å². The van der Waals surface area contributed by atoms with Crippen molar-refractivity contribution in [1.29, 1.82) is 0 Å². The zero-order valence-corrected chi connectivity index (χ0v) is 11.6. The monoisotopic (exact) mass is 311 g/mol. The van der Waals surface area contributed by atoms with Crippen molar-refractivity contribution < 1.29 is 4.79 Å². The van der Waals surface area contributed by atoms with Gasteiger partial charge >= 0.3 is 0 Å². The standard InChI is InChI=1S/C13H11BrClNO/c1-9(17)13-3-2-6-16(13)8-10-4-5-11(14)7-12(10)15/h2-7H,8H2,1H3. The van der Waals surface area contributed by atoms with E-state index in [1.807, 2.05) is 41.1 Å². The largest absolute Gasteiger partial charge is 0.341 e. The van der Waals surface area contributed by atoms with Crippen molar-refractivity contribution in [1.82, 2.24) is 4.57 Å². The molecule has 0 fully saturated rings. The van der Waals surface area contributed by atoms with E-state index in [2.05, 4.69) is 15.9 Å². The van der Waals surface area contributed by atoms with Gasteiger partial charge in [0.15, 0.2) is 5.78 Å². The first-order chi connectivity index (χ1) is 8.08. The number of nitrogens with zero attached hydrogens (tertiary/aromatic N) is 1. The van der Waals surface area contributed by atoms with E-state index in [4.69, 9.17) is 11.6 Å². The fraction of sp³-hybridized carbons (Fsp3) is 0.154. The summed E-state index contributed by atoms with van der Waals surface area (Å²) in [6.07, 6.45) is 1.88. The number of hydrogen-bond acceptors (Lipinski definition) is 1. The SMILES string of the molecule is CC(=O)c1cccn1Cc1ccc(Br)cc1Cl. The van der Waals surface area contributed by atoms with Crippen LogP contribution in [0.5, 0.6) is 0 Å². The first kappa shape index (κ1) is 12.4. The topological polar surface area (TPSA) is 22.0 Å². The van der Waals surface area contributed by atoms with Crippen LogP contribution in [0.2, 0.25) is 5.02 Å². The average molecular weight is 313 g/mol. The van der Waals surface area contributed by atoms with Crippen molar-refractivity contribution in [2.45, 2.75) is 13.5 Å². The molecule has 0 atom stereocenters. The maximum absolute atomic E-state index is 11.4. The molecule has 0 aliphatic rings. The summed E-state index contributed by atoms with van der Waals surface area (Å²) in [6.45, 7) is 2.17. The lowest BCUT2D eigenvalue weighted by molar-refractivity contribution is 0.100. The van der Waals surface area contributed by atoms with Crippen molar-refractivity contribution in [3.8, 4) is 0 Å². The fourth-order valence-electron chi connectivity index (χ4n) is 1.71. The van der Waals surface area contributed by atoms with Gasteiger partial charge in [0.1, 0.15) is 0 Å². The van der Waals surface area contributed by atoms with E-state index < -0.39 is 0 Å². The molecule has 0 aliphatic heterocycles. The Hall–Kier alpha value is -1.06. The summed E-state index contributed by atoms with van der Waals surface area (Å²) >= 11 is 9.52. The average Bonchev–Trinajstić information content (AvgIpc) is 2.70. The smallest absolute Gasteiger partial charge is 0.176 e. The number of ketones is 1. The van der Waals surface area contributed by atoms with Crippen LogP contribution in [-0.2, 0) is 6.54 Å². The zero-order chi connectivity index (χ0) is 12.4. The predicted molar refractivity (Wildman–Crippen MR) is 72.7 cm³/mol. The number of carbonyl (C=O) groups excluding carboxylic acids is 1. The van der Waals surface area contributed by atoms with Gasteiger partial charge in [0, 0.05) is 29.2 Å². The summed E-state index contributed by atoms with van der Waals surface area (Å²) < 4.78 is 2.85. The number of Topliss-reactive ketones (excluding diaryl/α,β-unsaturated/α-hetero) is 1. The summed E-state index contributed by atoms with van der Waals surface area (Å²) in [4.78, 5) is 11.4. The number of aromatic nitrogens is 1. The Kier molecular flexibility index (Phi) is 3.69. The highest BCUT2D eigenvalue weighted by atomic mass is 79.9. The van der Waals surface area contributed by atoms with E-state index in [1.54, 1.807) is 6.92 Å². The van der Waals surface area contributed by atoms with Crippen LogP contribution >= 0.6 is 27.5 Å². The second kappa shape index (κ2) is 5.07. The Balaban J connectivity index is 2.31. The Labute approximate surface area is 113 Å². The number of hydrogen-bond donors (Lipinski definition) is 0. The molecule has 0 saturated carbocycles. The Morgan fingerprint density at radius 1 is 1.41 bits per heavy atom. The number of carbonyl (C=O) groups is 1. The molecule has 1 aromatic heterocycles. The summed E-state index contributed by atoms with van der Waals surface area (Å²) in [5, 5.41) is 0.697. The molecule has 0 radical (unpaired) electrons. The van der Waals surface area contributed by atoms with Crippen LogP contribution in [0.25, 0.3) is 0 Å². The van der Waals surface area contributed by atoms with Gasteiger partial charge in [-0.15, -0.1) is 0 Å². The lowest BCUT2D eigenvalue weighted by Crippen LogP contribution is -2.06. The van der Waals surface area contributed by atoms with Crippen molar-refractivity contribution in [3.05, 3.63) is 57.3 Å². The van der Waals surface area contributed by atoms with Gasteiger partial charge in [-0.25, -0.2) is 0 Å². The quantitative estimate of drug-likeness (QED) is 0.780. The van der Waals surface area contributed by atoms with Crippen LogP contribution in [0.1, 0.15) is 23.0 Å². The minimum Gasteiger partial charge on any atom is -0.341 e. The Bertz CT molecular complexity index is 562. The highest BCUT2D eigenvalue weighted by Gasteiger charge is 2.08. The third-order valence-corrected chi connectivity index (χ3v) is 3.39. The van der Waals surface area contributed by atoms with E-state index in [0.717, 1.165) is 10.0 Å². The molecule has 1 aromatic carbocycles. The first-order valence-corrected chi connectivity index (χ1v) is 6.35. The van der Waals surface area contributed by atoms with Gasteiger partial charge in [-0.3, -0.25) is 4.79 Å². The maximum Gasteiger partial charge on any atom is 0.176 e. The molecule has 0 amide bonds. The van der Waals surface area contributed by atoms with Crippen molar-refractivity contribution in [2.24, 2.45) is 0 Å². The minimum absolute atomic E-state index is 0.0586. The van der Waals surface area contributed by atoms with Gasteiger partial charge in [0.05, 0.1) is 5.69 Å². The third-order valence-electron chi connectivity index (χ3n) is 2.55. The second-order valence-corrected chi connectivity index (χ2v) is 5.14. The van der Waals surface area contributed by atoms with Gasteiger partial charge in [0.2, 0.25) is 0 Å². The van der Waals surface area contributed by atoms with Crippen LogP contribution in [0, 0.1) is 0 Å². The normalized spacial score (nSPS) is 10.5. The number of rotatable bonds is 3. The van der Waals surface area contributed by atoms with Crippen LogP contribution in [0.4, 0.5) is 0 Å². The Morgan fingerprint density at radius 3 is 2.82 bits per heavy atom. The fourth-order valence-corrected chi connectivity index (χ4v) is 2.44. The van der Waals surface area contributed by atoms with E-state index in [0.29, 0.717) is 17.3 Å². The van der Waals surface area contributed by atoms with Crippen molar-refractivity contribution in [2.75, 3.05) is 0 Å². The third kappa shape index (κ3) is 2.79. The molecule has 2 nitrogen and oxygen atoms in total. The highest BCUT2D eigenvalue weighted by Crippen LogP contribution is 2.22. The summed E-state index contributed by atoms with van der Waals surface area (Å²) in [7, 11) is 0. The van der Waals surface area contributed by atoms with Crippen LogP contribution in [-0.4, -0.2) is 10.4 Å². The summed E-state index contributed by atoms with van der Waals surface area (Å²) in [5.41, 5.74) is 1.69. The van der Waals surface area contributed by atoms with Crippen LogP contribution < -0.4 is 0 Å². The van der Waals surface area contributed by atoms with Crippen LogP contribution in [0.15, 0.2) is 41.0 Å². The number of benzene rings is 1. The Morgan fingerprint density at radius 2 is 2.18 bits per heavy atom. The lowest BCUT2D eigenvalue weighted by atomic mass is 10.2.